The zero-order chi connectivity index (χ0) is 14.1. The molecule has 1 unspecified atom stereocenters. The van der Waals surface area contributed by atoms with Gasteiger partial charge in [0.2, 0.25) is 0 Å². The molecule has 0 spiro atoms. The lowest BCUT2D eigenvalue weighted by molar-refractivity contribution is -0.274. The summed E-state index contributed by atoms with van der Waals surface area (Å²) in [7, 11) is 0. The number of ether oxygens (including phenoxy) is 1. The molecule has 0 aromatic heterocycles. The summed E-state index contributed by atoms with van der Waals surface area (Å²) in [5, 5.41) is 17.5. The van der Waals surface area contributed by atoms with Crippen molar-refractivity contribution < 1.29 is 37.3 Å². The third-order valence-electron chi connectivity index (χ3n) is 1.92. The summed E-state index contributed by atoms with van der Waals surface area (Å²) in [5.41, 5.74) is 3.23. The quantitative estimate of drug-likeness (QED) is 0.570. The number of nitrogen functional groups attached to an aromatic ring is 1. The van der Waals surface area contributed by atoms with Crippen LogP contribution in [-0.4, -0.2) is 22.5 Å². The smallest absolute Gasteiger partial charge is 0.479 e. The number of aliphatic hydroxyl groups excluding tert-OH is 1. The zero-order valence-electron chi connectivity index (χ0n) is 8.53. The molecule has 0 saturated heterocycles. The van der Waals surface area contributed by atoms with Gasteiger partial charge in [-0.2, -0.15) is 0 Å². The number of aliphatic carboxylic acids is 1. The average molecular weight is 269 g/mol. The molecular weight excluding hydrogens is 262 g/mol. The van der Waals surface area contributed by atoms with Gasteiger partial charge < -0.3 is 20.7 Å². The molecule has 1 aromatic carbocycles. The topological polar surface area (TPSA) is 92.8 Å². The van der Waals surface area contributed by atoms with Crippen molar-refractivity contribution in [1.29, 1.82) is 0 Å². The van der Waals surface area contributed by atoms with Crippen LogP contribution in [0.1, 0.15) is 11.7 Å². The lowest BCUT2D eigenvalue weighted by Gasteiger charge is -2.14. The van der Waals surface area contributed by atoms with Gasteiger partial charge in [0.05, 0.1) is 0 Å². The van der Waals surface area contributed by atoms with Gasteiger partial charge in [0, 0.05) is 5.56 Å². The highest BCUT2D eigenvalue weighted by Gasteiger charge is 2.33. The van der Waals surface area contributed by atoms with Crippen molar-refractivity contribution in [1.82, 2.24) is 0 Å². The molecule has 0 amide bonds. The highest BCUT2D eigenvalue weighted by Crippen LogP contribution is 2.33. The molecule has 0 radical (unpaired) electrons. The number of hydrogen-bond acceptors (Lipinski definition) is 4. The van der Waals surface area contributed by atoms with E-state index < -0.39 is 41.3 Å². The zero-order valence-corrected chi connectivity index (χ0v) is 8.53. The van der Waals surface area contributed by atoms with Crippen molar-refractivity contribution >= 4 is 11.7 Å². The largest absolute Gasteiger partial charge is 0.573 e. The van der Waals surface area contributed by atoms with E-state index in [1.807, 2.05) is 0 Å². The molecule has 1 aromatic rings. The molecule has 100 valence electrons. The molecule has 1 atom stereocenters. The van der Waals surface area contributed by atoms with Crippen LogP contribution in [0, 0.1) is 5.82 Å². The Bertz CT molecular complexity index is 474. The molecule has 9 heteroatoms. The van der Waals surface area contributed by atoms with Crippen LogP contribution in [0.4, 0.5) is 23.2 Å². The lowest BCUT2D eigenvalue weighted by atomic mass is 10.1. The first-order valence-corrected chi connectivity index (χ1v) is 4.38. The SMILES string of the molecule is Nc1c(OC(F)(F)F)ccc(C(O)C(=O)O)c1F. The Kier molecular flexibility index (Phi) is 3.65. The van der Waals surface area contributed by atoms with E-state index in [0.29, 0.717) is 12.1 Å². The highest BCUT2D eigenvalue weighted by molar-refractivity contribution is 5.75. The highest BCUT2D eigenvalue weighted by atomic mass is 19.4. The van der Waals surface area contributed by atoms with E-state index in [0.717, 1.165) is 0 Å². The number of carbonyl (C=O) groups is 1. The molecule has 5 nitrogen and oxygen atoms in total. The molecule has 0 aliphatic heterocycles. The van der Waals surface area contributed by atoms with Gasteiger partial charge in [-0.05, 0) is 12.1 Å². The van der Waals surface area contributed by atoms with E-state index in [-0.39, 0.29) is 0 Å². The summed E-state index contributed by atoms with van der Waals surface area (Å²) in [6.07, 6.45) is -7.29. The van der Waals surface area contributed by atoms with Crippen LogP contribution in [-0.2, 0) is 4.79 Å². The third kappa shape index (κ3) is 3.00. The Morgan fingerprint density at radius 3 is 2.39 bits per heavy atom. The maximum atomic E-state index is 13.5. The Morgan fingerprint density at radius 1 is 1.39 bits per heavy atom. The number of rotatable bonds is 3. The van der Waals surface area contributed by atoms with Gasteiger partial charge in [-0.15, -0.1) is 13.2 Å². The normalized spacial score (nSPS) is 13.2. The van der Waals surface area contributed by atoms with Gasteiger partial charge in [-0.25, -0.2) is 9.18 Å². The summed E-state index contributed by atoms with van der Waals surface area (Å²) in [4.78, 5) is 10.4. The minimum Gasteiger partial charge on any atom is -0.479 e. The fourth-order valence-electron chi connectivity index (χ4n) is 1.15. The molecule has 0 fully saturated rings. The first kappa shape index (κ1) is 14.0. The van der Waals surface area contributed by atoms with Gasteiger partial charge >= 0.3 is 12.3 Å². The minimum absolute atomic E-state index is 0.618. The molecule has 0 saturated carbocycles. The molecular formula is C9H7F4NO4. The predicted octanol–water partition coefficient (Wildman–Crippen LogP) is 1.42. The Balaban J connectivity index is 3.17. The number of alkyl halides is 3. The van der Waals surface area contributed by atoms with Crippen molar-refractivity contribution in [2.24, 2.45) is 0 Å². The molecule has 0 aliphatic rings. The standard InChI is InChI=1S/C9H7F4NO4/c10-5-3(7(15)8(16)17)1-2-4(6(5)14)18-9(11,12)13/h1-2,7,15H,14H2,(H,16,17). The maximum absolute atomic E-state index is 13.5. The summed E-state index contributed by atoms with van der Waals surface area (Å²) < 4.78 is 52.6. The van der Waals surface area contributed by atoms with Crippen molar-refractivity contribution in [2.75, 3.05) is 5.73 Å². The van der Waals surface area contributed by atoms with E-state index >= 15 is 0 Å². The predicted molar refractivity (Wildman–Crippen MR) is 50.1 cm³/mol. The first-order valence-electron chi connectivity index (χ1n) is 4.38. The third-order valence-corrected chi connectivity index (χ3v) is 1.92. The number of carboxylic acid groups (broad SMARTS) is 1. The Morgan fingerprint density at radius 2 is 1.94 bits per heavy atom. The number of benzene rings is 1. The average Bonchev–Trinajstić information content (AvgIpc) is 2.22. The number of carboxylic acids is 1. The van der Waals surface area contributed by atoms with Gasteiger partial charge in [-0.1, -0.05) is 0 Å². The second-order valence-corrected chi connectivity index (χ2v) is 3.17. The van der Waals surface area contributed by atoms with E-state index in [4.69, 9.17) is 15.9 Å². The van der Waals surface area contributed by atoms with Crippen LogP contribution in [0.2, 0.25) is 0 Å². The summed E-state index contributed by atoms with van der Waals surface area (Å²) in [6.45, 7) is 0. The van der Waals surface area contributed by atoms with Crippen LogP contribution in [0.25, 0.3) is 0 Å². The van der Waals surface area contributed by atoms with Gasteiger partial charge in [0.15, 0.2) is 17.7 Å². The van der Waals surface area contributed by atoms with Crippen LogP contribution in [0.3, 0.4) is 0 Å². The molecule has 18 heavy (non-hydrogen) atoms. The minimum atomic E-state index is -5.06. The lowest BCUT2D eigenvalue weighted by Crippen LogP contribution is -2.19. The molecule has 1 rings (SSSR count). The number of nitrogens with two attached hydrogens (primary N) is 1. The molecule has 0 bridgehead atoms. The van der Waals surface area contributed by atoms with Crippen molar-refractivity contribution in [2.45, 2.75) is 12.5 Å². The summed E-state index contributed by atoms with van der Waals surface area (Å²) >= 11 is 0. The number of aliphatic hydroxyl groups is 1. The van der Waals surface area contributed by atoms with E-state index in [1.165, 1.54) is 0 Å². The molecule has 0 heterocycles. The first-order chi connectivity index (χ1) is 8.13. The van der Waals surface area contributed by atoms with E-state index in [1.54, 1.807) is 0 Å². The summed E-state index contributed by atoms with van der Waals surface area (Å²) in [6, 6.07) is 1.26. The van der Waals surface area contributed by atoms with Crippen molar-refractivity contribution in [3.63, 3.8) is 0 Å². The fourth-order valence-corrected chi connectivity index (χ4v) is 1.15. The second kappa shape index (κ2) is 4.69. The van der Waals surface area contributed by atoms with E-state index in [9.17, 15) is 22.4 Å². The second-order valence-electron chi connectivity index (χ2n) is 3.17. The Hall–Kier alpha value is -2.03. The maximum Gasteiger partial charge on any atom is 0.573 e. The fraction of sp³-hybridized carbons (Fsp3) is 0.222. The van der Waals surface area contributed by atoms with Crippen LogP contribution >= 0.6 is 0 Å². The Labute approximate surface area is 97.4 Å². The van der Waals surface area contributed by atoms with E-state index in [2.05, 4.69) is 4.74 Å². The van der Waals surface area contributed by atoms with Crippen LogP contribution in [0.15, 0.2) is 12.1 Å². The van der Waals surface area contributed by atoms with Gasteiger partial charge in [0.25, 0.3) is 0 Å². The molecule has 4 N–H and O–H groups in total. The number of hydrogen-bond donors (Lipinski definition) is 3. The van der Waals surface area contributed by atoms with Gasteiger partial charge in [-0.3, -0.25) is 0 Å². The molecule has 0 aliphatic carbocycles. The summed E-state index contributed by atoms with van der Waals surface area (Å²) in [5.74, 6) is -4.26. The van der Waals surface area contributed by atoms with Crippen LogP contribution in [0.5, 0.6) is 5.75 Å². The van der Waals surface area contributed by atoms with Gasteiger partial charge in [0.1, 0.15) is 5.69 Å². The monoisotopic (exact) mass is 269 g/mol. The van der Waals surface area contributed by atoms with Crippen molar-refractivity contribution in [3.05, 3.63) is 23.5 Å². The number of halogens is 4. The van der Waals surface area contributed by atoms with Crippen LogP contribution < -0.4 is 10.5 Å². The van der Waals surface area contributed by atoms with Crippen molar-refractivity contribution in [3.8, 4) is 5.75 Å². The number of anilines is 1.